The Hall–Kier alpha value is 0.0700. The zero-order valence-corrected chi connectivity index (χ0v) is 10.3. The smallest absolute Gasteiger partial charge is 0.263 e. The van der Waals surface area contributed by atoms with E-state index in [0.717, 1.165) is 0 Å². The van der Waals surface area contributed by atoms with Crippen molar-refractivity contribution in [2.45, 2.75) is 39.8 Å². The van der Waals surface area contributed by atoms with Crippen molar-refractivity contribution in [1.82, 2.24) is 8.61 Å². The first-order valence-electron chi connectivity index (χ1n) is 4.25. The Morgan fingerprint density at radius 1 is 1.23 bits per heavy atom. The molecular formula is C8H17ClN2OS. The minimum atomic E-state index is -0.448. The van der Waals surface area contributed by atoms with Gasteiger partial charge in [-0.2, -0.15) is 0 Å². The number of hydrogen-bond donors (Lipinski definition) is 0. The predicted molar refractivity (Wildman–Crippen MR) is 58.7 cm³/mol. The molecule has 0 aliphatic carbocycles. The molecule has 3 nitrogen and oxygen atoms in total. The minimum absolute atomic E-state index is 0.378. The Morgan fingerprint density at radius 3 is 1.85 bits per heavy atom. The Morgan fingerprint density at radius 2 is 1.62 bits per heavy atom. The molecule has 13 heavy (non-hydrogen) atoms. The van der Waals surface area contributed by atoms with E-state index in [-0.39, 0.29) is 0 Å². The number of hydrogen-bond acceptors (Lipinski definition) is 3. The average Bonchev–Trinajstić information content (AvgIpc) is 1.97. The topological polar surface area (TPSA) is 23.6 Å². The summed E-state index contributed by atoms with van der Waals surface area (Å²) in [5.41, 5.74) is 0. The van der Waals surface area contributed by atoms with Gasteiger partial charge in [-0.1, -0.05) is 0 Å². The molecule has 0 aromatic rings. The number of amides is 1. The summed E-state index contributed by atoms with van der Waals surface area (Å²) in [4.78, 5) is 10.8. The van der Waals surface area contributed by atoms with E-state index in [0.29, 0.717) is 12.1 Å². The quantitative estimate of drug-likeness (QED) is 0.417. The average molecular weight is 225 g/mol. The van der Waals surface area contributed by atoms with Crippen LogP contribution < -0.4 is 0 Å². The highest BCUT2D eigenvalue weighted by Crippen LogP contribution is 2.22. The van der Waals surface area contributed by atoms with Gasteiger partial charge in [0.1, 0.15) is 0 Å². The number of carbonyl (C=O) groups excluding carboxylic acids is 1. The van der Waals surface area contributed by atoms with Gasteiger partial charge in [-0.05, 0) is 39.3 Å². The second-order valence-electron chi connectivity index (χ2n) is 3.38. The highest BCUT2D eigenvalue weighted by atomic mass is 35.5. The molecule has 0 fully saturated rings. The predicted octanol–water partition coefficient (Wildman–Crippen LogP) is 2.96. The third kappa shape index (κ3) is 4.74. The molecule has 0 unspecified atom stereocenters. The molecule has 0 heterocycles. The van der Waals surface area contributed by atoms with E-state index in [9.17, 15) is 4.79 Å². The van der Waals surface area contributed by atoms with Crippen molar-refractivity contribution in [3.63, 3.8) is 0 Å². The van der Waals surface area contributed by atoms with E-state index in [2.05, 4.69) is 32.0 Å². The van der Waals surface area contributed by atoms with Gasteiger partial charge in [0.15, 0.2) is 0 Å². The highest BCUT2D eigenvalue weighted by Gasteiger charge is 2.18. The van der Waals surface area contributed by atoms with Crippen LogP contribution in [0.5, 0.6) is 0 Å². The van der Waals surface area contributed by atoms with Gasteiger partial charge < -0.3 is 0 Å². The second-order valence-corrected chi connectivity index (χ2v) is 4.84. The molecule has 0 aromatic heterocycles. The zero-order valence-electron chi connectivity index (χ0n) is 8.74. The molecular weight excluding hydrogens is 208 g/mol. The number of carbonyl (C=O) groups is 1. The first kappa shape index (κ1) is 13.1. The van der Waals surface area contributed by atoms with Crippen molar-refractivity contribution in [1.29, 1.82) is 0 Å². The summed E-state index contributed by atoms with van der Waals surface area (Å²) >= 11 is 6.68. The molecule has 1 amide bonds. The van der Waals surface area contributed by atoms with Gasteiger partial charge in [0, 0.05) is 31.3 Å². The zero-order chi connectivity index (χ0) is 10.6. The molecule has 0 spiro atoms. The maximum Gasteiger partial charge on any atom is 0.327 e. The van der Waals surface area contributed by atoms with Gasteiger partial charge in [-0.25, -0.2) is 4.31 Å². The van der Waals surface area contributed by atoms with Gasteiger partial charge in [-0.15, -0.1) is 0 Å². The molecule has 0 atom stereocenters. The van der Waals surface area contributed by atoms with Crippen LogP contribution in [0.1, 0.15) is 27.7 Å². The van der Waals surface area contributed by atoms with Gasteiger partial charge >= 0.3 is 5.37 Å². The number of rotatable bonds is 4. The van der Waals surface area contributed by atoms with Crippen molar-refractivity contribution in [2.75, 3.05) is 7.05 Å². The first-order chi connectivity index (χ1) is 5.86. The molecule has 78 valence electrons. The SMILES string of the molecule is CC(C)N(SN(C)C(=O)Cl)C(C)C. The molecule has 0 N–H and O–H groups in total. The fraction of sp³-hybridized carbons (Fsp3) is 0.875. The molecule has 0 aliphatic rings. The summed E-state index contributed by atoms with van der Waals surface area (Å²) in [5, 5.41) is -0.448. The lowest BCUT2D eigenvalue weighted by Gasteiger charge is -2.31. The summed E-state index contributed by atoms with van der Waals surface area (Å²) in [5.74, 6) is 0. The van der Waals surface area contributed by atoms with E-state index in [4.69, 9.17) is 11.6 Å². The Bertz CT molecular complexity index is 168. The summed E-state index contributed by atoms with van der Waals surface area (Å²) in [6.07, 6.45) is 0. The lowest BCUT2D eigenvalue weighted by Crippen LogP contribution is -2.34. The largest absolute Gasteiger partial charge is 0.327 e. The Kier molecular flexibility index (Phi) is 5.76. The molecule has 0 saturated heterocycles. The van der Waals surface area contributed by atoms with Crippen molar-refractivity contribution in [3.05, 3.63) is 0 Å². The summed E-state index contributed by atoms with van der Waals surface area (Å²) in [6.45, 7) is 8.33. The van der Waals surface area contributed by atoms with Crippen molar-refractivity contribution in [2.24, 2.45) is 0 Å². The van der Waals surface area contributed by atoms with E-state index < -0.39 is 5.37 Å². The third-order valence-electron chi connectivity index (χ3n) is 1.48. The van der Waals surface area contributed by atoms with Gasteiger partial charge in [0.05, 0.1) is 0 Å². The number of halogens is 1. The molecule has 0 bridgehead atoms. The Balaban J connectivity index is 4.18. The summed E-state index contributed by atoms with van der Waals surface area (Å²) in [6, 6.07) is 0.756. The van der Waals surface area contributed by atoms with Gasteiger partial charge in [0.2, 0.25) is 0 Å². The standard InChI is InChI=1S/C8H17ClN2OS/c1-6(2)11(7(3)4)13-10(5)8(9)12/h6-7H,1-5H3. The van der Waals surface area contributed by atoms with E-state index >= 15 is 0 Å². The Labute approximate surface area is 89.7 Å². The van der Waals surface area contributed by atoms with Crippen molar-refractivity contribution >= 4 is 29.1 Å². The highest BCUT2D eigenvalue weighted by molar-refractivity contribution is 7.95. The lowest BCUT2D eigenvalue weighted by atomic mass is 10.3. The first-order valence-corrected chi connectivity index (χ1v) is 5.36. The fourth-order valence-electron chi connectivity index (χ4n) is 0.958. The maximum absolute atomic E-state index is 10.8. The van der Waals surface area contributed by atoms with Crippen LogP contribution in [0.4, 0.5) is 4.79 Å². The van der Waals surface area contributed by atoms with Gasteiger partial charge in [-0.3, -0.25) is 9.10 Å². The van der Waals surface area contributed by atoms with Crippen LogP contribution in [0.25, 0.3) is 0 Å². The van der Waals surface area contributed by atoms with E-state index in [1.54, 1.807) is 7.05 Å². The molecule has 0 rings (SSSR count). The normalized spacial score (nSPS) is 11.5. The van der Waals surface area contributed by atoms with Crippen LogP contribution >= 0.6 is 23.7 Å². The van der Waals surface area contributed by atoms with E-state index in [1.165, 1.54) is 16.4 Å². The summed E-state index contributed by atoms with van der Waals surface area (Å²) < 4.78 is 3.53. The fourth-order valence-corrected chi connectivity index (χ4v) is 1.78. The van der Waals surface area contributed by atoms with Crippen LogP contribution in [0.15, 0.2) is 0 Å². The molecule has 0 aliphatic heterocycles. The third-order valence-corrected chi connectivity index (χ3v) is 3.28. The van der Waals surface area contributed by atoms with Crippen LogP contribution in [0.2, 0.25) is 0 Å². The molecule has 0 saturated carbocycles. The van der Waals surface area contributed by atoms with Crippen LogP contribution in [-0.2, 0) is 0 Å². The van der Waals surface area contributed by atoms with Gasteiger partial charge in [0.25, 0.3) is 0 Å². The second kappa shape index (κ2) is 5.73. The van der Waals surface area contributed by atoms with Crippen LogP contribution in [0.3, 0.4) is 0 Å². The van der Waals surface area contributed by atoms with Crippen LogP contribution in [0, 0.1) is 0 Å². The maximum atomic E-state index is 10.8. The molecule has 0 radical (unpaired) electrons. The van der Waals surface area contributed by atoms with E-state index in [1.807, 2.05) is 0 Å². The summed E-state index contributed by atoms with van der Waals surface area (Å²) in [7, 11) is 1.66. The monoisotopic (exact) mass is 224 g/mol. The van der Waals surface area contributed by atoms with Crippen molar-refractivity contribution in [3.8, 4) is 0 Å². The lowest BCUT2D eigenvalue weighted by molar-refractivity contribution is 0.248. The molecule has 0 aromatic carbocycles. The van der Waals surface area contributed by atoms with Crippen LogP contribution in [-0.4, -0.2) is 33.1 Å². The minimum Gasteiger partial charge on any atom is -0.263 e. The van der Waals surface area contributed by atoms with Crippen molar-refractivity contribution < 1.29 is 4.79 Å². The number of nitrogens with zero attached hydrogens (tertiary/aromatic N) is 2. The molecule has 5 heteroatoms.